The van der Waals surface area contributed by atoms with Crippen LogP contribution in [-0.4, -0.2) is 19.9 Å². The van der Waals surface area contributed by atoms with Crippen LogP contribution in [0.1, 0.15) is 48.0 Å². The molecule has 0 saturated heterocycles. The summed E-state index contributed by atoms with van der Waals surface area (Å²) in [5, 5.41) is 5.68. The Bertz CT molecular complexity index is 1220. The van der Waals surface area contributed by atoms with Crippen LogP contribution in [0.25, 0.3) is 10.8 Å². The van der Waals surface area contributed by atoms with Crippen LogP contribution in [0.3, 0.4) is 0 Å². The van der Waals surface area contributed by atoms with Gasteiger partial charge in [0.05, 0.1) is 0 Å². The Hall–Kier alpha value is -2.99. The van der Waals surface area contributed by atoms with Crippen LogP contribution in [-0.2, 0) is 14.4 Å². The maximum absolute atomic E-state index is 13.4. The molecule has 4 rings (SSSR count). The average molecular weight is 436 g/mol. The fraction of sp³-hybridized carbons (Fsp3) is 0.280. The van der Waals surface area contributed by atoms with Crippen LogP contribution in [0.4, 0.5) is 0 Å². The number of carbonyl (C=O) groups is 1. The van der Waals surface area contributed by atoms with Gasteiger partial charge in [0.1, 0.15) is 10.6 Å². The standard InChI is InChI=1S/C25H25NO4S/c1-18-13-15-21(16-14-18)31(28,29)30-26-24(17-19-7-2-3-8-19)25(27)23-12-6-10-20-9-4-5-11-22(20)23/h4-6,9-16,19H,2-3,7-8,17H2,1H3/b26-24+. The van der Waals surface area contributed by atoms with E-state index in [1.807, 2.05) is 43.3 Å². The van der Waals surface area contributed by atoms with E-state index >= 15 is 0 Å². The van der Waals surface area contributed by atoms with Gasteiger partial charge < -0.3 is 0 Å². The van der Waals surface area contributed by atoms with Crippen molar-refractivity contribution < 1.29 is 17.5 Å². The molecule has 0 spiro atoms. The number of ketones is 1. The average Bonchev–Trinajstić information content (AvgIpc) is 3.29. The van der Waals surface area contributed by atoms with Crippen LogP contribution in [0, 0.1) is 12.8 Å². The highest BCUT2D eigenvalue weighted by molar-refractivity contribution is 7.86. The van der Waals surface area contributed by atoms with Gasteiger partial charge in [0.25, 0.3) is 0 Å². The molecule has 1 aliphatic carbocycles. The van der Waals surface area contributed by atoms with E-state index in [0.717, 1.165) is 42.0 Å². The Morgan fingerprint density at radius 1 is 0.968 bits per heavy atom. The summed E-state index contributed by atoms with van der Waals surface area (Å²) >= 11 is 0. The van der Waals surface area contributed by atoms with Crippen LogP contribution in [0.5, 0.6) is 0 Å². The highest BCUT2D eigenvalue weighted by Gasteiger charge is 2.25. The molecule has 0 aliphatic heterocycles. The molecule has 3 aromatic rings. The number of oxime groups is 1. The zero-order valence-corrected chi connectivity index (χ0v) is 18.3. The lowest BCUT2D eigenvalue weighted by Gasteiger charge is -2.12. The van der Waals surface area contributed by atoms with E-state index in [4.69, 9.17) is 4.28 Å². The molecule has 0 amide bonds. The monoisotopic (exact) mass is 435 g/mol. The SMILES string of the molecule is Cc1ccc(S(=O)(=O)O/N=C(\CC2CCCC2)C(=O)c2cccc3ccccc23)cc1. The Kier molecular flexibility index (Phi) is 6.18. The minimum absolute atomic E-state index is 0.0136. The number of hydrogen-bond donors (Lipinski definition) is 0. The van der Waals surface area contributed by atoms with E-state index in [2.05, 4.69) is 5.16 Å². The van der Waals surface area contributed by atoms with Crippen LogP contribution < -0.4 is 0 Å². The van der Waals surface area contributed by atoms with Crippen molar-refractivity contribution in [3.8, 4) is 0 Å². The molecule has 1 saturated carbocycles. The number of Topliss-reactive ketones (excluding diaryl/α,β-unsaturated/α-hetero) is 1. The molecule has 3 aromatic carbocycles. The van der Waals surface area contributed by atoms with Crippen LogP contribution in [0.2, 0.25) is 0 Å². The lowest BCUT2D eigenvalue weighted by atomic mass is 9.93. The fourth-order valence-corrected chi connectivity index (χ4v) is 4.82. The van der Waals surface area contributed by atoms with Gasteiger partial charge in [-0.3, -0.25) is 9.08 Å². The van der Waals surface area contributed by atoms with E-state index in [1.54, 1.807) is 18.2 Å². The third kappa shape index (κ3) is 4.85. The smallest absolute Gasteiger partial charge is 0.287 e. The Morgan fingerprint density at radius 2 is 1.65 bits per heavy atom. The molecular formula is C25H25NO4S. The van der Waals surface area contributed by atoms with Crippen molar-refractivity contribution in [3.05, 3.63) is 77.9 Å². The summed E-state index contributed by atoms with van der Waals surface area (Å²) in [6, 6.07) is 19.5. The van der Waals surface area contributed by atoms with E-state index in [9.17, 15) is 13.2 Å². The third-order valence-corrected chi connectivity index (χ3v) is 6.93. The summed E-state index contributed by atoms with van der Waals surface area (Å²) in [4.78, 5) is 13.5. The number of fused-ring (bicyclic) bond motifs is 1. The van der Waals surface area contributed by atoms with Crippen LogP contribution >= 0.6 is 0 Å². The highest BCUT2D eigenvalue weighted by Crippen LogP contribution is 2.29. The molecule has 31 heavy (non-hydrogen) atoms. The van der Waals surface area contributed by atoms with E-state index in [1.165, 1.54) is 12.1 Å². The van der Waals surface area contributed by atoms with Gasteiger partial charge in [-0.25, -0.2) is 0 Å². The second-order valence-electron chi connectivity index (χ2n) is 8.09. The molecule has 0 aromatic heterocycles. The summed E-state index contributed by atoms with van der Waals surface area (Å²) < 4.78 is 30.3. The normalized spacial score (nSPS) is 15.3. The zero-order chi connectivity index (χ0) is 21.8. The molecular weight excluding hydrogens is 410 g/mol. The Balaban J connectivity index is 1.68. The van der Waals surface area contributed by atoms with Gasteiger partial charge >= 0.3 is 10.1 Å². The number of carbonyl (C=O) groups excluding carboxylic acids is 1. The van der Waals surface area contributed by atoms with Crippen LogP contribution in [0.15, 0.2) is 76.8 Å². The van der Waals surface area contributed by atoms with Crippen molar-refractivity contribution in [2.75, 3.05) is 0 Å². The van der Waals surface area contributed by atoms with E-state index in [-0.39, 0.29) is 16.4 Å². The van der Waals surface area contributed by atoms with Crippen molar-refractivity contribution in [2.24, 2.45) is 11.1 Å². The van der Waals surface area contributed by atoms with Gasteiger partial charge in [-0.15, -0.1) is 0 Å². The van der Waals surface area contributed by atoms with Gasteiger partial charge in [-0.05, 0) is 42.2 Å². The number of benzene rings is 3. The van der Waals surface area contributed by atoms with Gasteiger partial charge in [0.15, 0.2) is 0 Å². The molecule has 0 heterocycles. The molecule has 0 unspecified atom stereocenters. The number of rotatable bonds is 7. The predicted molar refractivity (Wildman–Crippen MR) is 122 cm³/mol. The first-order chi connectivity index (χ1) is 14.9. The zero-order valence-electron chi connectivity index (χ0n) is 17.5. The summed E-state index contributed by atoms with van der Waals surface area (Å²) in [7, 11) is -4.10. The summed E-state index contributed by atoms with van der Waals surface area (Å²) in [6.45, 7) is 1.87. The molecule has 160 valence electrons. The molecule has 0 radical (unpaired) electrons. The maximum atomic E-state index is 13.4. The van der Waals surface area contributed by atoms with Crippen molar-refractivity contribution >= 4 is 32.4 Å². The molecule has 0 N–H and O–H groups in total. The highest BCUT2D eigenvalue weighted by atomic mass is 32.2. The van der Waals surface area contributed by atoms with Gasteiger partial charge in [0.2, 0.25) is 5.78 Å². The quantitative estimate of drug-likeness (QED) is 0.272. The minimum Gasteiger partial charge on any atom is -0.287 e. The minimum atomic E-state index is -4.10. The number of aryl methyl sites for hydroxylation is 1. The predicted octanol–water partition coefficient (Wildman–Crippen LogP) is 5.67. The maximum Gasteiger partial charge on any atom is 0.358 e. The summed E-state index contributed by atoms with van der Waals surface area (Å²) in [6.07, 6.45) is 4.65. The lowest BCUT2D eigenvalue weighted by molar-refractivity contribution is 0.106. The van der Waals surface area contributed by atoms with E-state index < -0.39 is 10.1 Å². The lowest BCUT2D eigenvalue weighted by Crippen LogP contribution is -2.19. The molecule has 0 bridgehead atoms. The fourth-order valence-electron chi connectivity index (χ4n) is 4.08. The first-order valence-electron chi connectivity index (χ1n) is 10.5. The van der Waals surface area contributed by atoms with Crippen molar-refractivity contribution in [2.45, 2.75) is 43.9 Å². The first kappa shape index (κ1) is 21.2. The first-order valence-corrected chi connectivity index (χ1v) is 11.9. The second kappa shape index (κ2) is 9.02. The molecule has 6 heteroatoms. The van der Waals surface area contributed by atoms with Gasteiger partial charge in [-0.1, -0.05) is 91.0 Å². The Labute approximate surface area is 182 Å². The molecule has 1 aliphatic rings. The summed E-state index contributed by atoms with van der Waals surface area (Å²) in [5.74, 6) is 0.0196. The topological polar surface area (TPSA) is 72.8 Å². The largest absolute Gasteiger partial charge is 0.358 e. The van der Waals surface area contributed by atoms with Crippen molar-refractivity contribution in [1.29, 1.82) is 0 Å². The summed E-state index contributed by atoms with van der Waals surface area (Å²) in [5.41, 5.74) is 1.60. The Morgan fingerprint density at radius 3 is 2.39 bits per heavy atom. The third-order valence-electron chi connectivity index (χ3n) is 5.81. The van der Waals surface area contributed by atoms with Crippen molar-refractivity contribution in [3.63, 3.8) is 0 Å². The van der Waals surface area contributed by atoms with Gasteiger partial charge in [-0.2, -0.15) is 8.42 Å². The van der Waals surface area contributed by atoms with E-state index in [0.29, 0.717) is 17.9 Å². The number of nitrogens with zero attached hydrogens (tertiary/aromatic N) is 1. The van der Waals surface area contributed by atoms with Gasteiger partial charge in [0, 0.05) is 5.56 Å². The van der Waals surface area contributed by atoms with Crippen molar-refractivity contribution in [1.82, 2.24) is 0 Å². The molecule has 5 nitrogen and oxygen atoms in total. The number of hydrogen-bond acceptors (Lipinski definition) is 5. The molecule has 0 atom stereocenters. The molecule has 1 fully saturated rings. The second-order valence-corrected chi connectivity index (χ2v) is 9.62.